The van der Waals surface area contributed by atoms with Crippen molar-refractivity contribution in [1.82, 2.24) is 24.6 Å². The first-order valence-corrected chi connectivity index (χ1v) is 11.3. The van der Waals surface area contributed by atoms with Gasteiger partial charge in [0.1, 0.15) is 5.82 Å². The quantitative estimate of drug-likeness (QED) is 0.478. The van der Waals surface area contributed by atoms with Crippen LogP contribution in [0, 0.1) is 5.82 Å². The highest BCUT2D eigenvalue weighted by atomic mass is 19.1. The van der Waals surface area contributed by atoms with Crippen molar-refractivity contribution >= 4 is 11.9 Å². The second kappa shape index (κ2) is 9.43. The Morgan fingerprint density at radius 1 is 1.09 bits per heavy atom. The molecule has 2 aromatic carbocycles. The lowest BCUT2D eigenvalue weighted by molar-refractivity contribution is 0.0605. The number of aromatic nitrogens is 4. The molecule has 34 heavy (non-hydrogen) atoms. The first kappa shape index (κ1) is 21.8. The molecule has 0 bridgehead atoms. The van der Waals surface area contributed by atoms with E-state index in [-0.39, 0.29) is 23.7 Å². The van der Waals surface area contributed by atoms with Crippen LogP contribution in [-0.2, 0) is 6.54 Å². The van der Waals surface area contributed by atoms with Gasteiger partial charge in [0.15, 0.2) is 0 Å². The molecule has 1 fully saturated rings. The fourth-order valence-electron chi connectivity index (χ4n) is 4.56. The van der Waals surface area contributed by atoms with E-state index in [9.17, 15) is 9.18 Å². The predicted octanol–water partition coefficient (Wildman–Crippen LogP) is 4.48. The Kier molecular flexibility index (Phi) is 6.03. The fraction of sp³-hybridized carbons (Fsp3) is 0.231. The number of anilines is 1. The van der Waals surface area contributed by atoms with E-state index in [4.69, 9.17) is 5.73 Å². The maximum Gasteiger partial charge on any atom is 0.254 e. The van der Waals surface area contributed by atoms with E-state index in [2.05, 4.69) is 15.1 Å². The second-order valence-electron chi connectivity index (χ2n) is 8.40. The largest absolute Gasteiger partial charge is 0.368 e. The Bertz CT molecular complexity index is 1290. The third kappa shape index (κ3) is 4.39. The molecule has 0 spiro atoms. The minimum atomic E-state index is -0.315. The van der Waals surface area contributed by atoms with Crippen LogP contribution >= 0.6 is 0 Å². The number of nitrogens with two attached hydrogens (primary N) is 1. The Labute approximate surface area is 197 Å². The van der Waals surface area contributed by atoms with Crippen molar-refractivity contribution in [2.45, 2.75) is 31.8 Å². The number of carbonyl (C=O) groups is 1. The lowest BCUT2D eigenvalue weighted by atomic mass is 9.92. The van der Waals surface area contributed by atoms with Gasteiger partial charge in [0, 0.05) is 36.3 Å². The van der Waals surface area contributed by atoms with Crippen LogP contribution < -0.4 is 5.73 Å². The summed E-state index contributed by atoms with van der Waals surface area (Å²) in [6, 6.07) is 15.4. The zero-order chi connectivity index (χ0) is 23.5. The molecule has 1 aliphatic heterocycles. The molecule has 1 amide bonds. The molecule has 172 valence electrons. The summed E-state index contributed by atoms with van der Waals surface area (Å²) in [7, 11) is 0. The Morgan fingerprint density at radius 3 is 2.71 bits per heavy atom. The predicted molar refractivity (Wildman–Crippen MR) is 127 cm³/mol. The summed E-state index contributed by atoms with van der Waals surface area (Å²) in [4.78, 5) is 24.5. The maximum absolute atomic E-state index is 13.9. The molecule has 1 saturated heterocycles. The molecular formula is C26H25FN6O. The fourth-order valence-corrected chi connectivity index (χ4v) is 4.56. The molecule has 0 aliphatic carbocycles. The number of rotatable bonds is 5. The number of benzene rings is 2. The third-order valence-electron chi connectivity index (χ3n) is 6.21. The summed E-state index contributed by atoms with van der Waals surface area (Å²) in [5, 5.41) is 4.28. The average Bonchev–Trinajstić information content (AvgIpc) is 3.38. The molecule has 7 nitrogen and oxygen atoms in total. The average molecular weight is 457 g/mol. The van der Waals surface area contributed by atoms with Gasteiger partial charge in [0.05, 0.1) is 18.3 Å². The number of nitrogen functional groups attached to an aromatic ring is 1. The van der Waals surface area contributed by atoms with Crippen molar-refractivity contribution in [2.75, 3.05) is 12.3 Å². The van der Waals surface area contributed by atoms with Crippen molar-refractivity contribution in [3.63, 3.8) is 0 Å². The number of piperidine rings is 1. The molecule has 3 heterocycles. The van der Waals surface area contributed by atoms with E-state index in [1.165, 1.54) is 12.1 Å². The molecule has 2 aromatic heterocycles. The lowest BCUT2D eigenvalue weighted by Gasteiger charge is -2.36. The molecule has 4 aromatic rings. The lowest BCUT2D eigenvalue weighted by Crippen LogP contribution is -2.39. The smallest absolute Gasteiger partial charge is 0.254 e. The Balaban J connectivity index is 1.53. The summed E-state index contributed by atoms with van der Waals surface area (Å²) < 4.78 is 15.3. The molecule has 1 aliphatic rings. The van der Waals surface area contributed by atoms with Crippen LogP contribution in [0.1, 0.15) is 46.9 Å². The first-order valence-electron chi connectivity index (χ1n) is 11.3. The van der Waals surface area contributed by atoms with Crippen LogP contribution in [0.3, 0.4) is 0 Å². The van der Waals surface area contributed by atoms with Crippen LogP contribution in [0.15, 0.2) is 73.2 Å². The Hall–Kier alpha value is -4.07. The SMILES string of the molecule is Nc1ncc(-c2ccc(F)cc2)c([C@H]2CCCCN2C(=O)c2ccccc2Cn2cccn2)n1. The normalized spacial score (nSPS) is 15.9. The number of halogens is 1. The van der Waals surface area contributed by atoms with Gasteiger partial charge in [-0.05, 0) is 54.7 Å². The summed E-state index contributed by atoms with van der Waals surface area (Å²) in [5.74, 6) is -0.211. The molecule has 0 unspecified atom stereocenters. The van der Waals surface area contributed by atoms with Crippen molar-refractivity contribution in [1.29, 1.82) is 0 Å². The zero-order valence-corrected chi connectivity index (χ0v) is 18.6. The van der Waals surface area contributed by atoms with Gasteiger partial charge >= 0.3 is 0 Å². The molecule has 5 rings (SSSR count). The van der Waals surface area contributed by atoms with Gasteiger partial charge < -0.3 is 10.6 Å². The van der Waals surface area contributed by atoms with Gasteiger partial charge in [0.25, 0.3) is 5.91 Å². The summed E-state index contributed by atoms with van der Waals surface area (Å²) >= 11 is 0. The number of hydrogen-bond acceptors (Lipinski definition) is 5. The summed E-state index contributed by atoms with van der Waals surface area (Å²) in [5.41, 5.74) is 9.76. The summed E-state index contributed by atoms with van der Waals surface area (Å²) in [6.07, 6.45) is 7.91. The molecule has 2 N–H and O–H groups in total. The minimum absolute atomic E-state index is 0.0466. The van der Waals surface area contributed by atoms with E-state index in [1.807, 2.05) is 41.4 Å². The van der Waals surface area contributed by atoms with Gasteiger partial charge in [-0.2, -0.15) is 5.10 Å². The van der Waals surface area contributed by atoms with Crippen LogP contribution in [0.5, 0.6) is 0 Å². The summed E-state index contributed by atoms with van der Waals surface area (Å²) in [6.45, 7) is 1.13. The molecule has 0 saturated carbocycles. The van der Waals surface area contributed by atoms with Crippen molar-refractivity contribution in [2.24, 2.45) is 0 Å². The standard InChI is InChI=1S/C26H25FN6O/c27-20-11-9-18(10-12-20)22-16-29-26(28)31-24(22)23-8-3-4-15-33(23)25(34)21-7-2-1-6-19(21)17-32-14-5-13-30-32/h1-2,5-7,9-14,16,23H,3-4,8,15,17H2,(H2,28,29,31)/t23-/m1/s1. The number of nitrogens with zero attached hydrogens (tertiary/aromatic N) is 5. The highest BCUT2D eigenvalue weighted by molar-refractivity contribution is 5.96. The van der Waals surface area contributed by atoms with Gasteiger partial charge in [-0.1, -0.05) is 30.3 Å². The van der Waals surface area contributed by atoms with Gasteiger partial charge in [-0.15, -0.1) is 0 Å². The van der Waals surface area contributed by atoms with Crippen molar-refractivity contribution in [3.8, 4) is 11.1 Å². The van der Waals surface area contributed by atoms with Gasteiger partial charge in [-0.3, -0.25) is 9.48 Å². The first-order chi connectivity index (χ1) is 16.6. The van der Waals surface area contributed by atoms with Crippen LogP contribution in [0.4, 0.5) is 10.3 Å². The van der Waals surface area contributed by atoms with E-state index < -0.39 is 0 Å². The van der Waals surface area contributed by atoms with E-state index in [1.54, 1.807) is 29.2 Å². The molecule has 8 heteroatoms. The van der Waals surface area contributed by atoms with E-state index in [0.717, 1.165) is 36.0 Å². The van der Waals surface area contributed by atoms with Crippen molar-refractivity contribution in [3.05, 3.63) is 95.8 Å². The number of carbonyl (C=O) groups excluding carboxylic acids is 1. The zero-order valence-electron chi connectivity index (χ0n) is 18.6. The van der Waals surface area contributed by atoms with Gasteiger partial charge in [0.2, 0.25) is 5.95 Å². The van der Waals surface area contributed by atoms with Crippen LogP contribution in [0.2, 0.25) is 0 Å². The topological polar surface area (TPSA) is 89.9 Å². The van der Waals surface area contributed by atoms with E-state index >= 15 is 0 Å². The highest BCUT2D eigenvalue weighted by Crippen LogP contribution is 2.37. The number of amides is 1. The van der Waals surface area contributed by atoms with Crippen LogP contribution in [0.25, 0.3) is 11.1 Å². The molecular weight excluding hydrogens is 431 g/mol. The maximum atomic E-state index is 13.9. The Morgan fingerprint density at radius 2 is 1.91 bits per heavy atom. The van der Waals surface area contributed by atoms with Gasteiger partial charge in [-0.25, -0.2) is 14.4 Å². The second-order valence-corrected chi connectivity index (χ2v) is 8.40. The van der Waals surface area contributed by atoms with Crippen LogP contribution in [-0.4, -0.2) is 37.1 Å². The monoisotopic (exact) mass is 456 g/mol. The number of likely N-dealkylation sites (tertiary alicyclic amines) is 1. The van der Waals surface area contributed by atoms with Crippen molar-refractivity contribution < 1.29 is 9.18 Å². The highest BCUT2D eigenvalue weighted by Gasteiger charge is 2.32. The van der Waals surface area contributed by atoms with E-state index in [0.29, 0.717) is 24.3 Å². The third-order valence-corrected chi connectivity index (χ3v) is 6.21. The molecule has 1 atom stereocenters. The number of hydrogen-bond donors (Lipinski definition) is 1. The minimum Gasteiger partial charge on any atom is -0.368 e. The molecule has 0 radical (unpaired) electrons.